The number of benzene rings is 1. The van der Waals surface area contributed by atoms with E-state index in [-0.39, 0.29) is 11.5 Å². The van der Waals surface area contributed by atoms with Crippen molar-refractivity contribution in [3.63, 3.8) is 0 Å². The zero-order valence-corrected chi connectivity index (χ0v) is 20.7. The molecule has 198 valence electrons. The third-order valence-corrected chi connectivity index (χ3v) is 5.33. The van der Waals surface area contributed by atoms with Gasteiger partial charge in [-0.3, -0.25) is 9.59 Å². The Kier molecular flexibility index (Phi) is 8.88. The van der Waals surface area contributed by atoms with E-state index in [0.717, 1.165) is 0 Å². The van der Waals surface area contributed by atoms with Gasteiger partial charge in [0, 0.05) is 12.3 Å². The zero-order chi connectivity index (χ0) is 27.1. The predicted molar refractivity (Wildman–Crippen MR) is 126 cm³/mol. The summed E-state index contributed by atoms with van der Waals surface area (Å²) in [6.45, 7) is 4.01. The number of nitrogens with one attached hydrogen (secondary N) is 1. The number of hydrogen-bond donors (Lipinski definition) is 2. The van der Waals surface area contributed by atoms with Gasteiger partial charge in [-0.15, -0.1) is 0 Å². The van der Waals surface area contributed by atoms with E-state index >= 15 is 0 Å². The molecule has 2 aromatic rings. The SMILES string of the molecule is COc1ccnc(C(=O)NC2COC(=O)[C@H](Oc3ccccc3)[C@@H](OC(=O)C(C)C)[C@H](C)OC2=O)c1O. The van der Waals surface area contributed by atoms with Crippen LogP contribution in [0.4, 0.5) is 0 Å². The van der Waals surface area contributed by atoms with Crippen LogP contribution in [-0.4, -0.2) is 72.0 Å². The predicted octanol–water partition coefficient (Wildman–Crippen LogP) is 1.40. The average Bonchev–Trinajstić information content (AvgIpc) is 2.91. The first kappa shape index (κ1) is 27.2. The highest BCUT2D eigenvalue weighted by atomic mass is 16.6. The minimum atomic E-state index is -1.48. The lowest BCUT2D eigenvalue weighted by molar-refractivity contribution is -0.180. The van der Waals surface area contributed by atoms with Crippen molar-refractivity contribution in [2.75, 3.05) is 13.7 Å². The van der Waals surface area contributed by atoms with Crippen LogP contribution in [0, 0.1) is 5.92 Å². The fourth-order valence-electron chi connectivity index (χ4n) is 3.31. The minimum Gasteiger partial charge on any atom is -0.503 e. The van der Waals surface area contributed by atoms with Crippen molar-refractivity contribution in [1.29, 1.82) is 0 Å². The number of nitrogens with zero attached hydrogens (tertiary/aromatic N) is 1. The highest BCUT2D eigenvalue weighted by Crippen LogP contribution is 2.27. The second kappa shape index (κ2) is 12.1. The maximum Gasteiger partial charge on any atom is 0.351 e. The van der Waals surface area contributed by atoms with E-state index in [1.165, 1.54) is 26.3 Å². The Morgan fingerprint density at radius 1 is 1.14 bits per heavy atom. The molecule has 0 aliphatic carbocycles. The molecule has 12 nitrogen and oxygen atoms in total. The fourth-order valence-corrected chi connectivity index (χ4v) is 3.31. The van der Waals surface area contributed by atoms with Gasteiger partial charge in [-0.05, 0) is 19.1 Å². The summed E-state index contributed by atoms with van der Waals surface area (Å²) in [7, 11) is 1.30. The van der Waals surface area contributed by atoms with Gasteiger partial charge in [0.15, 0.2) is 29.3 Å². The molecule has 3 rings (SSSR count). The molecule has 1 aromatic heterocycles. The lowest BCUT2D eigenvalue weighted by Gasteiger charge is -2.29. The third-order valence-electron chi connectivity index (χ3n) is 5.33. The number of esters is 3. The summed E-state index contributed by atoms with van der Waals surface area (Å²) in [5.74, 6) is -4.31. The van der Waals surface area contributed by atoms with Crippen molar-refractivity contribution in [1.82, 2.24) is 10.3 Å². The molecule has 2 heterocycles. The molecule has 1 fully saturated rings. The Labute approximate surface area is 212 Å². The molecule has 37 heavy (non-hydrogen) atoms. The maximum absolute atomic E-state index is 13.1. The van der Waals surface area contributed by atoms with Crippen LogP contribution in [0.25, 0.3) is 0 Å². The van der Waals surface area contributed by atoms with Gasteiger partial charge >= 0.3 is 17.9 Å². The zero-order valence-electron chi connectivity index (χ0n) is 20.7. The number of rotatable bonds is 7. The molecule has 1 aliphatic heterocycles. The lowest BCUT2D eigenvalue weighted by atomic mass is 10.1. The Morgan fingerprint density at radius 2 is 1.84 bits per heavy atom. The number of carbonyl (C=O) groups excluding carboxylic acids is 4. The van der Waals surface area contributed by atoms with Crippen molar-refractivity contribution in [3.05, 3.63) is 48.3 Å². The normalized spacial score (nSPS) is 22.0. The van der Waals surface area contributed by atoms with Crippen molar-refractivity contribution < 1.29 is 48.0 Å². The fraction of sp³-hybridized carbons (Fsp3) is 0.400. The number of aromatic nitrogens is 1. The standard InChI is InChI=1S/C25H28N2O10/c1-13(2)23(30)37-20-14(3)35-24(31)16(27-22(29)18-19(28)17(33-4)10-11-26-18)12-34-25(32)21(20)36-15-8-6-5-7-9-15/h5-11,13-14,16,20-21,28H,12H2,1-4H3,(H,27,29)/t14-,16?,20-,21+/m0/s1. The average molecular weight is 517 g/mol. The molecule has 1 saturated heterocycles. The Balaban J connectivity index is 1.87. The van der Waals surface area contributed by atoms with E-state index in [2.05, 4.69) is 10.3 Å². The van der Waals surface area contributed by atoms with Crippen LogP contribution >= 0.6 is 0 Å². The number of para-hydroxylation sites is 1. The van der Waals surface area contributed by atoms with Gasteiger partial charge in [0.25, 0.3) is 5.91 Å². The molecule has 1 amide bonds. The van der Waals surface area contributed by atoms with E-state index in [1.807, 2.05) is 0 Å². The Bertz CT molecular complexity index is 1140. The summed E-state index contributed by atoms with van der Waals surface area (Å²) < 4.78 is 27.0. The van der Waals surface area contributed by atoms with Crippen molar-refractivity contribution in [3.8, 4) is 17.2 Å². The number of carbonyl (C=O) groups is 4. The molecule has 1 aliphatic rings. The van der Waals surface area contributed by atoms with Crippen LogP contribution < -0.4 is 14.8 Å². The Hall–Kier alpha value is -4.35. The third kappa shape index (κ3) is 6.66. The monoisotopic (exact) mass is 516 g/mol. The van der Waals surface area contributed by atoms with Gasteiger partial charge in [-0.25, -0.2) is 14.6 Å². The second-order valence-electron chi connectivity index (χ2n) is 8.42. The molecular weight excluding hydrogens is 488 g/mol. The summed E-state index contributed by atoms with van der Waals surface area (Å²) >= 11 is 0. The number of amides is 1. The minimum absolute atomic E-state index is 0.00652. The van der Waals surface area contributed by atoms with Gasteiger partial charge < -0.3 is 34.1 Å². The van der Waals surface area contributed by atoms with Crippen LogP contribution in [0.3, 0.4) is 0 Å². The first-order valence-electron chi connectivity index (χ1n) is 11.4. The quantitative estimate of drug-likeness (QED) is 0.404. The van der Waals surface area contributed by atoms with Gasteiger partial charge in [0.1, 0.15) is 18.5 Å². The van der Waals surface area contributed by atoms with Gasteiger partial charge in [-0.2, -0.15) is 0 Å². The molecule has 0 bridgehead atoms. The van der Waals surface area contributed by atoms with Gasteiger partial charge in [-0.1, -0.05) is 32.0 Å². The first-order chi connectivity index (χ1) is 17.6. The van der Waals surface area contributed by atoms with E-state index < -0.39 is 72.1 Å². The number of hydrogen-bond acceptors (Lipinski definition) is 11. The van der Waals surface area contributed by atoms with Crippen LogP contribution in [0.1, 0.15) is 31.3 Å². The van der Waals surface area contributed by atoms with E-state index in [1.54, 1.807) is 44.2 Å². The molecule has 2 N–H and O–H groups in total. The Morgan fingerprint density at radius 3 is 2.49 bits per heavy atom. The molecular formula is C25H28N2O10. The summed E-state index contributed by atoms with van der Waals surface area (Å²) in [6, 6.07) is 8.17. The number of methoxy groups -OCH3 is 1. The number of aromatic hydroxyl groups is 1. The van der Waals surface area contributed by atoms with E-state index in [9.17, 15) is 24.3 Å². The summed E-state index contributed by atoms with van der Waals surface area (Å²) in [5, 5.41) is 12.5. The van der Waals surface area contributed by atoms with Crippen molar-refractivity contribution >= 4 is 23.8 Å². The number of pyridine rings is 1. The molecule has 1 aromatic carbocycles. The summed E-state index contributed by atoms with van der Waals surface area (Å²) in [5.41, 5.74) is -0.416. The first-order valence-corrected chi connectivity index (χ1v) is 11.4. The highest BCUT2D eigenvalue weighted by Gasteiger charge is 2.44. The van der Waals surface area contributed by atoms with Crippen molar-refractivity contribution in [2.24, 2.45) is 5.92 Å². The van der Waals surface area contributed by atoms with Crippen LogP contribution in [0.2, 0.25) is 0 Å². The second-order valence-corrected chi connectivity index (χ2v) is 8.42. The molecule has 0 spiro atoms. The van der Waals surface area contributed by atoms with Crippen LogP contribution in [0.5, 0.6) is 17.2 Å². The van der Waals surface area contributed by atoms with E-state index in [4.69, 9.17) is 23.7 Å². The molecule has 0 saturated carbocycles. The molecule has 0 radical (unpaired) electrons. The smallest absolute Gasteiger partial charge is 0.351 e. The molecule has 4 atom stereocenters. The maximum atomic E-state index is 13.1. The highest BCUT2D eigenvalue weighted by molar-refractivity contribution is 5.98. The van der Waals surface area contributed by atoms with Crippen LogP contribution in [-0.2, 0) is 28.6 Å². The lowest BCUT2D eigenvalue weighted by Crippen LogP contribution is -2.49. The summed E-state index contributed by atoms with van der Waals surface area (Å²) in [6.07, 6.45) is -2.77. The van der Waals surface area contributed by atoms with Crippen LogP contribution in [0.15, 0.2) is 42.6 Å². The number of cyclic esters (lactones) is 2. The molecule has 12 heteroatoms. The van der Waals surface area contributed by atoms with Gasteiger partial charge in [0.05, 0.1) is 13.0 Å². The largest absolute Gasteiger partial charge is 0.503 e. The molecule has 1 unspecified atom stereocenters. The van der Waals surface area contributed by atoms with E-state index in [0.29, 0.717) is 0 Å². The van der Waals surface area contributed by atoms with Crippen molar-refractivity contribution in [2.45, 2.75) is 45.1 Å². The number of ether oxygens (including phenoxy) is 5. The van der Waals surface area contributed by atoms with Gasteiger partial charge in [0.2, 0.25) is 6.10 Å². The summed E-state index contributed by atoms with van der Waals surface area (Å²) in [4.78, 5) is 55.0. The topological polar surface area (TPSA) is 160 Å².